The summed E-state index contributed by atoms with van der Waals surface area (Å²) < 4.78 is 41.4. The van der Waals surface area contributed by atoms with Crippen LogP contribution >= 0.6 is 0 Å². The van der Waals surface area contributed by atoms with Gasteiger partial charge < -0.3 is 19.5 Å². The largest absolute Gasteiger partial charge is 0.497 e. The molecule has 9 heteroatoms. The van der Waals surface area contributed by atoms with Crippen LogP contribution in [-0.2, 0) is 10.0 Å². The van der Waals surface area contributed by atoms with Gasteiger partial charge in [-0.2, -0.15) is 0 Å². The van der Waals surface area contributed by atoms with E-state index in [1.165, 1.54) is 53.6 Å². The van der Waals surface area contributed by atoms with Crippen molar-refractivity contribution in [3.63, 3.8) is 0 Å². The maximum atomic E-state index is 12.7. The summed E-state index contributed by atoms with van der Waals surface area (Å²) in [6, 6.07) is 9.01. The number of nitrogens with zero attached hydrogens (tertiary/aromatic N) is 1. The van der Waals surface area contributed by atoms with Crippen molar-refractivity contribution in [3.05, 3.63) is 42.0 Å². The van der Waals surface area contributed by atoms with Gasteiger partial charge in [-0.3, -0.25) is 4.79 Å². The maximum Gasteiger partial charge on any atom is 0.259 e. The van der Waals surface area contributed by atoms with E-state index in [1.54, 1.807) is 18.2 Å². The minimum Gasteiger partial charge on any atom is -0.497 e. The molecule has 0 aliphatic heterocycles. The van der Waals surface area contributed by atoms with Gasteiger partial charge >= 0.3 is 0 Å². The third kappa shape index (κ3) is 4.32. The second-order valence-corrected chi connectivity index (χ2v) is 7.82. The highest BCUT2D eigenvalue weighted by Crippen LogP contribution is 2.30. The van der Waals surface area contributed by atoms with E-state index in [0.717, 1.165) is 4.31 Å². The van der Waals surface area contributed by atoms with Gasteiger partial charge in [0.15, 0.2) is 0 Å². The SMILES string of the molecule is COc1ccc(C(=O)Nc2cc(S(=O)(=O)N(C)C)ccc2OC)c(OC)c1. The molecule has 2 aromatic carbocycles. The Kier molecular flexibility index (Phi) is 6.29. The molecule has 0 atom stereocenters. The monoisotopic (exact) mass is 394 g/mol. The minimum absolute atomic E-state index is 0.0327. The Morgan fingerprint density at radius 2 is 1.59 bits per heavy atom. The summed E-state index contributed by atoms with van der Waals surface area (Å²) in [6.07, 6.45) is 0. The Morgan fingerprint density at radius 3 is 2.15 bits per heavy atom. The van der Waals surface area contributed by atoms with Crippen molar-refractivity contribution in [2.45, 2.75) is 4.90 Å². The van der Waals surface area contributed by atoms with E-state index < -0.39 is 15.9 Å². The van der Waals surface area contributed by atoms with E-state index in [2.05, 4.69) is 5.32 Å². The van der Waals surface area contributed by atoms with E-state index in [9.17, 15) is 13.2 Å². The Bertz CT molecular complexity index is 941. The topological polar surface area (TPSA) is 94.2 Å². The van der Waals surface area contributed by atoms with E-state index in [1.807, 2.05) is 0 Å². The number of ether oxygens (including phenoxy) is 3. The van der Waals surface area contributed by atoms with Crippen LogP contribution in [0.25, 0.3) is 0 Å². The predicted octanol–water partition coefficient (Wildman–Crippen LogP) is 2.21. The van der Waals surface area contributed by atoms with Crippen LogP contribution in [0.2, 0.25) is 0 Å². The van der Waals surface area contributed by atoms with Crippen LogP contribution in [0.15, 0.2) is 41.3 Å². The summed E-state index contributed by atoms with van der Waals surface area (Å²) in [4.78, 5) is 12.7. The molecule has 0 aromatic heterocycles. The molecule has 1 amide bonds. The molecule has 2 rings (SSSR count). The summed E-state index contributed by atoms with van der Waals surface area (Å²) >= 11 is 0. The van der Waals surface area contributed by atoms with Gasteiger partial charge in [0.2, 0.25) is 10.0 Å². The molecule has 0 radical (unpaired) electrons. The molecule has 0 saturated carbocycles. The number of carbonyl (C=O) groups is 1. The number of carbonyl (C=O) groups excluding carboxylic acids is 1. The zero-order chi connectivity index (χ0) is 20.2. The lowest BCUT2D eigenvalue weighted by Crippen LogP contribution is -2.22. The van der Waals surface area contributed by atoms with Gasteiger partial charge in [-0.1, -0.05) is 0 Å². The first kappa shape index (κ1) is 20.5. The fraction of sp³-hybridized carbons (Fsp3) is 0.278. The molecule has 146 valence electrons. The van der Waals surface area contributed by atoms with Crippen molar-refractivity contribution in [2.24, 2.45) is 0 Å². The molecule has 8 nitrogen and oxygen atoms in total. The Labute approximate surface area is 158 Å². The average molecular weight is 394 g/mol. The highest BCUT2D eigenvalue weighted by molar-refractivity contribution is 7.89. The highest BCUT2D eigenvalue weighted by Gasteiger charge is 2.21. The third-order valence-electron chi connectivity index (χ3n) is 3.85. The second kappa shape index (κ2) is 8.28. The van der Waals surface area contributed by atoms with Gasteiger partial charge in [-0.15, -0.1) is 0 Å². The molecule has 1 N–H and O–H groups in total. The van der Waals surface area contributed by atoms with Crippen molar-refractivity contribution < 1.29 is 27.4 Å². The molecular formula is C18H22N2O6S. The lowest BCUT2D eigenvalue weighted by atomic mass is 10.1. The number of hydrogen-bond acceptors (Lipinski definition) is 6. The van der Waals surface area contributed by atoms with Crippen LogP contribution in [0.3, 0.4) is 0 Å². The van der Waals surface area contributed by atoms with Gasteiger partial charge in [-0.25, -0.2) is 12.7 Å². The van der Waals surface area contributed by atoms with E-state index in [0.29, 0.717) is 17.2 Å². The molecule has 2 aromatic rings. The van der Waals surface area contributed by atoms with Crippen LogP contribution in [0.1, 0.15) is 10.4 Å². The van der Waals surface area contributed by atoms with Gasteiger partial charge in [0.25, 0.3) is 5.91 Å². The van der Waals surface area contributed by atoms with Crippen LogP contribution in [0.4, 0.5) is 5.69 Å². The normalized spacial score (nSPS) is 11.2. The van der Waals surface area contributed by atoms with E-state index in [4.69, 9.17) is 14.2 Å². The standard InChI is InChI=1S/C18H22N2O6S/c1-20(2)27(22,23)13-7-9-16(25-4)15(11-13)19-18(21)14-8-6-12(24-3)10-17(14)26-5/h6-11H,1-5H3,(H,19,21). The summed E-state index contributed by atoms with van der Waals surface area (Å²) in [5.74, 6) is 0.712. The molecule has 0 fully saturated rings. The van der Waals surface area contributed by atoms with Crippen LogP contribution in [0, 0.1) is 0 Å². The van der Waals surface area contributed by atoms with Gasteiger partial charge in [0, 0.05) is 20.2 Å². The van der Waals surface area contributed by atoms with E-state index in [-0.39, 0.29) is 16.1 Å². The third-order valence-corrected chi connectivity index (χ3v) is 5.66. The Hall–Kier alpha value is -2.78. The summed E-state index contributed by atoms with van der Waals surface area (Å²) in [5, 5.41) is 2.67. The van der Waals surface area contributed by atoms with Crippen LogP contribution in [-0.4, -0.2) is 54.1 Å². The zero-order valence-corrected chi connectivity index (χ0v) is 16.6. The molecule has 27 heavy (non-hydrogen) atoms. The summed E-state index contributed by atoms with van der Waals surface area (Å²) in [6.45, 7) is 0. The second-order valence-electron chi connectivity index (χ2n) is 5.67. The molecule has 0 bridgehead atoms. The number of benzene rings is 2. The van der Waals surface area contributed by atoms with E-state index >= 15 is 0 Å². The first-order chi connectivity index (χ1) is 12.7. The molecule has 0 saturated heterocycles. The summed E-state index contributed by atoms with van der Waals surface area (Å²) in [5.41, 5.74) is 0.490. The van der Waals surface area contributed by atoms with Gasteiger partial charge in [0.05, 0.1) is 37.5 Å². The first-order valence-electron chi connectivity index (χ1n) is 7.88. The number of hydrogen-bond donors (Lipinski definition) is 1. The number of anilines is 1. The molecule has 0 aliphatic carbocycles. The number of rotatable bonds is 7. The van der Waals surface area contributed by atoms with Crippen molar-refractivity contribution in [1.82, 2.24) is 4.31 Å². The minimum atomic E-state index is -3.66. The Morgan fingerprint density at radius 1 is 0.926 bits per heavy atom. The number of sulfonamides is 1. The molecule has 0 aliphatic rings. The maximum absolute atomic E-state index is 12.7. The van der Waals surface area contributed by atoms with Crippen LogP contribution in [0.5, 0.6) is 17.2 Å². The van der Waals surface area contributed by atoms with Gasteiger partial charge in [0.1, 0.15) is 17.2 Å². The number of nitrogens with one attached hydrogen (secondary N) is 1. The van der Waals surface area contributed by atoms with Crippen molar-refractivity contribution >= 4 is 21.6 Å². The first-order valence-corrected chi connectivity index (χ1v) is 9.32. The van der Waals surface area contributed by atoms with Crippen LogP contribution < -0.4 is 19.5 Å². The predicted molar refractivity (Wildman–Crippen MR) is 101 cm³/mol. The van der Waals surface area contributed by atoms with Crippen molar-refractivity contribution in [1.29, 1.82) is 0 Å². The lowest BCUT2D eigenvalue weighted by molar-refractivity contribution is 0.102. The zero-order valence-electron chi connectivity index (χ0n) is 15.8. The molecule has 0 unspecified atom stereocenters. The fourth-order valence-corrected chi connectivity index (χ4v) is 3.26. The molecule has 0 heterocycles. The summed E-state index contributed by atoms with van der Waals surface area (Å²) in [7, 11) is 3.58. The molecule has 0 spiro atoms. The quantitative estimate of drug-likeness (QED) is 0.774. The average Bonchev–Trinajstić information content (AvgIpc) is 2.66. The fourth-order valence-electron chi connectivity index (χ4n) is 2.33. The smallest absolute Gasteiger partial charge is 0.259 e. The number of methoxy groups -OCH3 is 3. The van der Waals surface area contributed by atoms with Gasteiger partial charge in [-0.05, 0) is 30.3 Å². The van der Waals surface area contributed by atoms with Crippen molar-refractivity contribution in [2.75, 3.05) is 40.7 Å². The van der Waals surface area contributed by atoms with Crippen molar-refractivity contribution in [3.8, 4) is 17.2 Å². The molecular weight excluding hydrogens is 372 g/mol. The highest BCUT2D eigenvalue weighted by atomic mass is 32.2. The Balaban J connectivity index is 2.43. The number of amides is 1. The lowest BCUT2D eigenvalue weighted by Gasteiger charge is -2.16.